The number of aliphatic hydroxyl groups is 1. The Kier molecular flexibility index (Phi) is 3.08. The molecule has 0 saturated carbocycles. The Bertz CT molecular complexity index is 449. The van der Waals surface area contributed by atoms with Crippen molar-refractivity contribution in [2.75, 3.05) is 0 Å². The third-order valence-electron chi connectivity index (χ3n) is 4.08. The maximum atomic E-state index is 13.1. The molecule has 0 radical (unpaired) electrons. The van der Waals surface area contributed by atoms with Crippen LogP contribution in [-0.4, -0.2) is 23.4 Å². The first-order valence-electron chi connectivity index (χ1n) is 6.41. The molecule has 3 rings (SSSR count). The maximum absolute atomic E-state index is 13.1. The zero-order valence-electron chi connectivity index (χ0n) is 9.98. The molecule has 2 fully saturated rings. The summed E-state index contributed by atoms with van der Waals surface area (Å²) in [6, 6.07) is 3.79. The van der Waals surface area contributed by atoms with Crippen molar-refractivity contribution in [3.05, 3.63) is 35.4 Å². The Morgan fingerprint density at radius 3 is 2.72 bits per heavy atom. The molecule has 0 aliphatic carbocycles. The molecule has 4 atom stereocenters. The van der Waals surface area contributed by atoms with E-state index in [4.69, 9.17) is 4.74 Å². The largest absolute Gasteiger partial charge is 0.392 e. The van der Waals surface area contributed by atoms with E-state index in [-0.39, 0.29) is 12.0 Å². The van der Waals surface area contributed by atoms with Crippen LogP contribution in [0.15, 0.2) is 18.2 Å². The molecule has 2 bridgehead atoms. The van der Waals surface area contributed by atoms with Crippen molar-refractivity contribution in [1.82, 2.24) is 0 Å². The molecule has 2 aliphatic rings. The first-order valence-corrected chi connectivity index (χ1v) is 6.41. The van der Waals surface area contributed by atoms with E-state index >= 15 is 0 Å². The second kappa shape index (κ2) is 4.59. The summed E-state index contributed by atoms with van der Waals surface area (Å²) in [6.07, 6.45) is 3.23. The minimum atomic E-state index is -0.858. The van der Waals surface area contributed by atoms with E-state index in [1.54, 1.807) is 0 Å². The number of rotatable bonds is 3. The molecule has 2 nitrogen and oxygen atoms in total. The Labute approximate surface area is 105 Å². The van der Waals surface area contributed by atoms with Crippen LogP contribution in [-0.2, 0) is 11.2 Å². The molecule has 18 heavy (non-hydrogen) atoms. The minimum Gasteiger partial charge on any atom is -0.392 e. The lowest BCUT2D eigenvalue weighted by Crippen LogP contribution is -2.31. The average Bonchev–Trinajstić information content (AvgIpc) is 2.96. The molecule has 1 N–H and O–H groups in total. The molecule has 4 unspecified atom stereocenters. The second-order valence-corrected chi connectivity index (χ2v) is 5.29. The van der Waals surface area contributed by atoms with E-state index < -0.39 is 17.7 Å². The van der Waals surface area contributed by atoms with Crippen LogP contribution in [0.25, 0.3) is 0 Å². The summed E-state index contributed by atoms with van der Waals surface area (Å²) in [4.78, 5) is 0. The van der Waals surface area contributed by atoms with Crippen LogP contribution in [0, 0.1) is 17.6 Å². The Hall–Kier alpha value is -1.00. The van der Waals surface area contributed by atoms with Gasteiger partial charge in [-0.05, 0) is 43.4 Å². The molecular formula is C14H16F2O2. The van der Waals surface area contributed by atoms with Crippen LogP contribution in [0.1, 0.15) is 24.8 Å². The van der Waals surface area contributed by atoms with Gasteiger partial charge in [-0.1, -0.05) is 6.07 Å². The lowest BCUT2D eigenvalue weighted by molar-refractivity contribution is 0.0431. The predicted octanol–water partition coefficient (Wildman–Crippen LogP) is 2.44. The van der Waals surface area contributed by atoms with Crippen molar-refractivity contribution >= 4 is 0 Å². The van der Waals surface area contributed by atoms with E-state index in [1.165, 1.54) is 6.07 Å². The molecule has 0 aromatic heterocycles. The summed E-state index contributed by atoms with van der Waals surface area (Å²) in [7, 11) is 0. The van der Waals surface area contributed by atoms with Crippen LogP contribution in [0.3, 0.4) is 0 Å². The minimum absolute atomic E-state index is 0.136. The molecule has 1 aromatic carbocycles. The lowest BCUT2D eigenvalue weighted by Gasteiger charge is -2.24. The van der Waals surface area contributed by atoms with Gasteiger partial charge in [0.1, 0.15) is 0 Å². The molecule has 4 heteroatoms. The number of aliphatic hydroxyl groups excluding tert-OH is 1. The number of hydrogen-bond donors (Lipinski definition) is 1. The van der Waals surface area contributed by atoms with Crippen LogP contribution in [0.5, 0.6) is 0 Å². The number of benzene rings is 1. The van der Waals surface area contributed by atoms with Gasteiger partial charge in [-0.2, -0.15) is 0 Å². The van der Waals surface area contributed by atoms with Crippen molar-refractivity contribution in [2.24, 2.45) is 5.92 Å². The summed E-state index contributed by atoms with van der Waals surface area (Å²) >= 11 is 0. The Morgan fingerprint density at radius 2 is 2.11 bits per heavy atom. The van der Waals surface area contributed by atoms with Gasteiger partial charge in [-0.3, -0.25) is 0 Å². The molecule has 98 valence electrons. The highest BCUT2D eigenvalue weighted by atomic mass is 19.2. The maximum Gasteiger partial charge on any atom is 0.159 e. The summed E-state index contributed by atoms with van der Waals surface area (Å²) < 4.78 is 31.6. The fourth-order valence-electron chi connectivity index (χ4n) is 3.14. The van der Waals surface area contributed by atoms with Crippen molar-refractivity contribution in [3.8, 4) is 0 Å². The Balaban J connectivity index is 1.67. The van der Waals surface area contributed by atoms with Gasteiger partial charge in [0.2, 0.25) is 0 Å². The highest BCUT2D eigenvalue weighted by Gasteiger charge is 2.43. The summed E-state index contributed by atoms with van der Waals surface area (Å²) in [6.45, 7) is 0. The van der Waals surface area contributed by atoms with Crippen molar-refractivity contribution in [1.29, 1.82) is 0 Å². The zero-order valence-corrected chi connectivity index (χ0v) is 9.98. The molecule has 2 heterocycles. The van der Waals surface area contributed by atoms with Gasteiger partial charge in [-0.15, -0.1) is 0 Å². The van der Waals surface area contributed by atoms with E-state index in [9.17, 15) is 13.9 Å². The van der Waals surface area contributed by atoms with E-state index in [0.717, 1.165) is 31.4 Å². The van der Waals surface area contributed by atoms with Crippen molar-refractivity contribution in [2.45, 2.75) is 44.0 Å². The standard InChI is InChI=1S/C14H16F2O2/c15-11-3-1-8(5-12(11)16)6-13(17)10-7-9-2-4-14(10)18-9/h1,3,5,9-10,13-14,17H,2,4,6-7H2. The number of ether oxygens (including phenoxy) is 1. The SMILES string of the molecule is OC(Cc1ccc(F)c(F)c1)C1CC2CCC1O2. The quantitative estimate of drug-likeness (QED) is 0.897. The number of fused-ring (bicyclic) bond motifs is 2. The molecule has 1 aromatic rings. The third-order valence-corrected chi connectivity index (χ3v) is 4.08. The molecule has 2 saturated heterocycles. The molecule has 2 aliphatic heterocycles. The first-order chi connectivity index (χ1) is 8.63. The normalized spacial score (nSPS) is 31.8. The second-order valence-electron chi connectivity index (χ2n) is 5.29. The summed E-state index contributed by atoms with van der Waals surface area (Å²) in [5.74, 6) is -1.57. The van der Waals surface area contributed by atoms with E-state index in [2.05, 4.69) is 0 Å². The predicted molar refractivity (Wildman–Crippen MR) is 62.1 cm³/mol. The topological polar surface area (TPSA) is 29.5 Å². The van der Waals surface area contributed by atoms with Crippen molar-refractivity contribution in [3.63, 3.8) is 0 Å². The highest BCUT2D eigenvalue weighted by molar-refractivity contribution is 5.19. The van der Waals surface area contributed by atoms with E-state index in [1.807, 2.05) is 0 Å². The van der Waals surface area contributed by atoms with Gasteiger partial charge in [-0.25, -0.2) is 8.78 Å². The lowest BCUT2D eigenvalue weighted by atomic mass is 9.83. The third kappa shape index (κ3) is 2.15. The van der Waals surface area contributed by atoms with Crippen LogP contribution >= 0.6 is 0 Å². The summed E-state index contributed by atoms with van der Waals surface area (Å²) in [5.41, 5.74) is 0.629. The van der Waals surface area contributed by atoms with Gasteiger partial charge in [0, 0.05) is 5.92 Å². The molecular weight excluding hydrogens is 238 g/mol. The van der Waals surface area contributed by atoms with Gasteiger partial charge < -0.3 is 9.84 Å². The zero-order chi connectivity index (χ0) is 12.7. The van der Waals surface area contributed by atoms with Crippen LogP contribution < -0.4 is 0 Å². The number of hydrogen-bond acceptors (Lipinski definition) is 2. The fraction of sp³-hybridized carbons (Fsp3) is 0.571. The first kappa shape index (κ1) is 12.1. The van der Waals surface area contributed by atoms with Gasteiger partial charge in [0.05, 0.1) is 18.3 Å². The smallest absolute Gasteiger partial charge is 0.159 e. The Morgan fingerprint density at radius 1 is 1.28 bits per heavy atom. The average molecular weight is 254 g/mol. The molecule has 0 amide bonds. The van der Waals surface area contributed by atoms with Gasteiger partial charge in [0.25, 0.3) is 0 Å². The fourth-order valence-corrected chi connectivity index (χ4v) is 3.14. The van der Waals surface area contributed by atoms with Gasteiger partial charge in [0.15, 0.2) is 11.6 Å². The van der Waals surface area contributed by atoms with Crippen LogP contribution in [0.4, 0.5) is 8.78 Å². The van der Waals surface area contributed by atoms with Crippen LogP contribution in [0.2, 0.25) is 0 Å². The number of halogens is 2. The monoisotopic (exact) mass is 254 g/mol. The highest BCUT2D eigenvalue weighted by Crippen LogP contribution is 2.41. The summed E-state index contributed by atoms with van der Waals surface area (Å²) in [5, 5.41) is 10.2. The molecule has 0 spiro atoms. The van der Waals surface area contributed by atoms with Crippen molar-refractivity contribution < 1.29 is 18.6 Å². The van der Waals surface area contributed by atoms with E-state index in [0.29, 0.717) is 18.1 Å². The van der Waals surface area contributed by atoms with Gasteiger partial charge >= 0.3 is 0 Å².